The number of aliphatic hydroxyl groups excluding tert-OH is 11. The summed E-state index contributed by atoms with van der Waals surface area (Å²) in [5.74, 6) is -2.39. The van der Waals surface area contributed by atoms with Crippen molar-refractivity contribution in [3.05, 3.63) is 0 Å². The van der Waals surface area contributed by atoms with Crippen molar-refractivity contribution in [3.63, 3.8) is 0 Å². The van der Waals surface area contributed by atoms with Crippen LogP contribution in [0.5, 0.6) is 0 Å². The quantitative estimate of drug-likeness (QED) is 0.102. The zero-order valence-electron chi connectivity index (χ0n) is 25.2. The summed E-state index contributed by atoms with van der Waals surface area (Å²) in [5, 5.41) is 116. The van der Waals surface area contributed by atoms with Crippen LogP contribution in [0.15, 0.2) is 0 Å². The van der Waals surface area contributed by atoms with Gasteiger partial charge in [-0.1, -0.05) is 6.92 Å². The van der Waals surface area contributed by atoms with Crippen LogP contribution in [0.3, 0.4) is 0 Å². The highest BCUT2D eigenvalue weighted by atomic mass is 16.8. The Kier molecular flexibility index (Phi) is 10.8. The fourth-order valence-corrected chi connectivity index (χ4v) is 7.03. The van der Waals surface area contributed by atoms with Crippen molar-refractivity contribution in [2.45, 2.75) is 142 Å². The number of ether oxygens (including phenoxy) is 9. The second kappa shape index (κ2) is 14.1. The molecular weight excluding hydrogens is 644 g/mol. The number of rotatable bonds is 10. The lowest BCUT2D eigenvalue weighted by Crippen LogP contribution is -2.72. The van der Waals surface area contributed by atoms with Crippen molar-refractivity contribution in [3.8, 4) is 0 Å². The molecule has 0 aromatic rings. The van der Waals surface area contributed by atoms with Gasteiger partial charge in [-0.2, -0.15) is 0 Å². The molecule has 272 valence electrons. The van der Waals surface area contributed by atoms with Gasteiger partial charge in [0.1, 0.15) is 104 Å². The van der Waals surface area contributed by atoms with Crippen LogP contribution in [-0.4, -0.2) is 211 Å². The SMILES string of the molecule is CCC(O)[C@@]1(O[C@@H]2[C@H]3OC[C@@H]2O[C@@H](O[C@@H]2[C@@H](O)[C@H](O[C@@H]4[C@H]5OC[C@@H]4O[C@@H](O)[C@H]5O)O[C@H](CO)[C@H]2O)[C@H]3O)O[C@H](CO)[C@H](O)[C@H](O)[C@H]1O. The molecule has 20 heteroatoms. The van der Waals surface area contributed by atoms with Gasteiger partial charge in [-0.3, -0.25) is 0 Å². The molecule has 6 heterocycles. The van der Waals surface area contributed by atoms with Crippen LogP contribution in [0.2, 0.25) is 0 Å². The molecule has 21 atom stereocenters. The van der Waals surface area contributed by atoms with Gasteiger partial charge in [0.05, 0.1) is 26.4 Å². The van der Waals surface area contributed by atoms with Gasteiger partial charge in [-0.05, 0) is 6.42 Å². The number of hydrogen-bond donors (Lipinski definition) is 11. The molecule has 6 aliphatic heterocycles. The van der Waals surface area contributed by atoms with E-state index in [2.05, 4.69) is 0 Å². The molecule has 1 unspecified atom stereocenters. The molecule has 20 nitrogen and oxygen atoms in total. The molecule has 0 amide bonds. The molecule has 6 fully saturated rings. The molecule has 0 aliphatic carbocycles. The van der Waals surface area contributed by atoms with Crippen LogP contribution in [0.4, 0.5) is 0 Å². The first-order valence-electron chi connectivity index (χ1n) is 15.6. The van der Waals surface area contributed by atoms with E-state index in [0.29, 0.717) is 0 Å². The Balaban J connectivity index is 1.17. The minimum atomic E-state index is -2.39. The zero-order valence-corrected chi connectivity index (χ0v) is 25.2. The Hall–Kier alpha value is -0.800. The van der Waals surface area contributed by atoms with Gasteiger partial charge in [-0.15, -0.1) is 0 Å². The van der Waals surface area contributed by atoms with Crippen LogP contribution in [0.25, 0.3) is 0 Å². The summed E-state index contributed by atoms with van der Waals surface area (Å²) >= 11 is 0. The van der Waals surface area contributed by atoms with Gasteiger partial charge in [0, 0.05) is 0 Å². The molecule has 11 N–H and O–H groups in total. The summed E-state index contributed by atoms with van der Waals surface area (Å²) in [4.78, 5) is 0. The predicted molar refractivity (Wildman–Crippen MR) is 142 cm³/mol. The standard InChI is InChI=1S/C27H44O20/c1-2-11(30)27(23(37)14(33)12(31)8(4-29)46-27)47-19-10-6-40-22(19)17(36)26(43-10)45-20-13(32)7(3-28)42-25(16(20)35)44-18-9-5-39-21(18)15(34)24(38)41-9/h7-26,28-38H,2-6H2,1H3/t7-,8-,9+,10+,11?,12+,13-,14+,15+,16-,17+,18+,19+,20+,21+,22+,23-,24-,25+,26+,27+/m1/s1. The first-order chi connectivity index (χ1) is 22.4. The lowest BCUT2D eigenvalue weighted by Gasteiger charge is -2.52. The number of fused-ring (bicyclic) bond motifs is 4. The predicted octanol–water partition coefficient (Wildman–Crippen LogP) is -7.52. The van der Waals surface area contributed by atoms with Crippen LogP contribution in [0, 0.1) is 0 Å². The van der Waals surface area contributed by atoms with Crippen LogP contribution in [0.1, 0.15) is 13.3 Å². The van der Waals surface area contributed by atoms with Crippen molar-refractivity contribution < 1.29 is 98.8 Å². The molecule has 0 radical (unpaired) electrons. The summed E-state index contributed by atoms with van der Waals surface area (Å²) in [6.45, 7) is -0.236. The smallest absolute Gasteiger partial charge is 0.224 e. The van der Waals surface area contributed by atoms with Crippen LogP contribution < -0.4 is 0 Å². The Morgan fingerprint density at radius 1 is 0.660 bits per heavy atom. The molecule has 0 aromatic heterocycles. The van der Waals surface area contributed by atoms with Crippen LogP contribution >= 0.6 is 0 Å². The number of aliphatic hydroxyl groups is 11. The molecule has 47 heavy (non-hydrogen) atoms. The maximum atomic E-state index is 11.3. The third kappa shape index (κ3) is 6.14. The molecule has 4 bridgehead atoms. The summed E-state index contributed by atoms with van der Waals surface area (Å²) in [7, 11) is 0. The van der Waals surface area contributed by atoms with Gasteiger partial charge in [0.25, 0.3) is 0 Å². The maximum absolute atomic E-state index is 11.3. The summed E-state index contributed by atoms with van der Waals surface area (Å²) in [6.07, 6.45) is -29.5. The lowest BCUT2D eigenvalue weighted by atomic mass is 9.87. The average Bonchev–Trinajstić information content (AvgIpc) is 3.55. The van der Waals surface area contributed by atoms with Crippen molar-refractivity contribution in [1.29, 1.82) is 0 Å². The zero-order chi connectivity index (χ0) is 33.9. The maximum Gasteiger partial charge on any atom is 0.224 e. The largest absolute Gasteiger partial charge is 0.394 e. The molecule has 0 aromatic carbocycles. The van der Waals surface area contributed by atoms with Crippen molar-refractivity contribution in [1.82, 2.24) is 0 Å². The second-order valence-electron chi connectivity index (χ2n) is 12.6. The average molecular weight is 689 g/mol. The van der Waals surface area contributed by atoms with Gasteiger partial charge < -0.3 is 98.8 Å². The van der Waals surface area contributed by atoms with Gasteiger partial charge in [0.2, 0.25) is 5.79 Å². The van der Waals surface area contributed by atoms with E-state index in [1.54, 1.807) is 0 Å². The minimum Gasteiger partial charge on any atom is -0.394 e. The van der Waals surface area contributed by atoms with E-state index in [1.807, 2.05) is 0 Å². The molecule has 6 rings (SSSR count). The topological polar surface area (TPSA) is 306 Å². The molecule has 0 spiro atoms. The fourth-order valence-electron chi connectivity index (χ4n) is 7.03. The van der Waals surface area contributed by atoms with Crippen molar-refractivity contribution in [2.24, 2.45) is 0 Å². The third-order valence-electron chi connectivity index (χ3n) is 9.71. The van der Waals surface area contributed by atoms with E-state index < -0.39 is 142 Å². The Bertz CT molecular complexity index is 1060. The Labute approximate surface area is 267 Å². The van der Waals surface area contributed by atoms with Crippen molar-refractivity contribution >= 4 is 0 Å². The summed E-state index contributed by atoms with van der Waals surface area (Å²) in [6, 6.07) is 0. The highest BCUT2D eigenvalue weighted by Crippen LogP contribution is 2.42. The van der Waals surface area contributed by atoms with Crippen molar-refractivity contribution in [2.75, 3.05) is 26.4 Å². The van der Waals surface area contributed by atoms with Crippen LogP contribution in [-0.2, 0) is 42.6 Å². The molecule has 6 saturated heterocycles. The van der Waals surface area contributed by atoms with Gasteiger partial charge >= 0.3 is 0 Å². The van der Waals surface area contributed by atoms with E-state index in [-0.39, 0.29) is 19.6 Å². The summed E-state index contributed by atoms with van der Waals surface area (Å²) in [5.41, 5.74) is 0. The highest BCUT2D eigenvalue weighted by Gasteiger charge is 2.63. The van der Waals surface area contributed by atoms with E-state index >= 15 is 0 Å². The van der Waals surface area contributed by atoms with E-state index in [0.717, 1.165) is 0 Å². The van der Waals surface area contributed by atoms with E-state index in [9.17, 15) is 56.2 Å². The Morgan fingerprint density at radius 2 is 1.26 bits per heavy atom. The number of hydrogen-bond acceptors (Lipinski definition) is 20. The van der Waals surface area contributed by atoms with E-state index in [4.69, 9.17) is 42.6 Å². The highest BCUT2D eigenvalue weighted by molar-refractivity contribution is 5.05. The normalized spacial score (nSPS) is 55.3. The third-order valence-corrected chi connectivity index (χ3v) is 9.71. The van der Waals surface area contributed by atoms with Gasteiger partial charge in [-0.25, -0.2) is 0 Å². The summed E-state index contributed by atoms with van der Waals surface area (Å²) < 4.78 is 51.3. The Morgan fingerprint density at radius 3 is 1.89 bits per heavy atom. The van der Waals surface area contributed by atoms with E-state index in [1.165, 1.54) is 6.92 Å². The fraction of sp³-hybridized carbons (Fsp3) is 1.00. The molecule has 0 saturated carbocycles. The first kappa shape index (κ1) is 36.0. The monoisotopic (exact) mass is 688 g/mol. The van der Waals surface area contributed by atoms with Gasteiger partial charge in [0.15, 0.2) is 18.9 Å². The minimum absolute atomic E-state index is 0.0365. The first-order valence-corrected chi connectivity index (χ1v) is 15.6. The lowest BCUT2D eigenvalue weighted by molar-refractivity contribution is -0.417. The second-order valence-corrected chi connectivity index (χ2v) is 12.6. The molecule has 6 aliphatic rings. The molecular formula is C27H44O20.